The van der Waals surface area contributed by atoms with E-state index < -0.39 is 0 Å². The maximum atomic E-state index is 13.8. The van der Waals surface area contributed by atoms with Crippen molar-refractivity contribution in [2.24, 2.45) is 0 Å². The number of nitrogens with one attached hydrogen (secondary N) is 1. The van der Waals surface area contributed by atoms with Crippen LogP contribution in [-0.4, -0.2) is 7.05 Å². The van der Waals surface area contributed by atoms with Crippen LogP contribution in [0.3, 0.4) is 0 Å². The van der Waals surface area contributed by atoms with E-state index in [0.29, 0.717) is 11.3 Å². The first kappa shape index (κ1) is 12.8. The van der Waals surface area contributed by atoms with E-state index in [1.165, 1.54) is 6.07 Å². The van der Waals surface area contributed by atoms with Crippen molar-refractivity contribution in [3.8, 4) is 11.3 Å². The van der Waals surface area contributed by atoms with Gasteiger partial charge >= 0.3 is 0 Å². The van der Waals surface area contributed by atoms with Crippen molar-refractivity contribution in [2.45, 2.75) is 26.3 Å². The molecule has 3 heteroatoms. The zero-order valence-corrected chi connectivity index (χ0v) is 11.0. The summed E-state index contributed by atoms with van der Waals surface area (Å²) in [4.78, 5) is 0. The van der Waals surface area contributed by atoms with Crippen molar-refractivity contribution in [2.75, 3.05) is 7.05 Å². The molecular formula is C15H18FNO. The third-order valence-corrected chi connectivity index (χ3v) is 3.12. The van der Waals surface area contributed by atoms with Crippen LogP contribution in [0.25, 0.3) is 11.3 Å². The van der Waals surface area contributed by atoms with E-state index in [4.69, 9.17) is 4.42 Å². The second-order valence-corrected chi connectivity index (χ2v) is 4.43. The topological polar surface area (TPSA) is 25.2 Å². The van der Waals surface area contributed by atoms with Gasteiger partial charge in [0.25, 0.3) is 0 Å². The van der Waals surface area contributed by atoms with Gasteiger partial charge in [-0.05, 0) is 50.2 Å². The van der Waals surface area contributed by atoms with Crippen LogP contribution >= 0.6 is 0 Å². The van der Waals surface area contributed by atoms with Gasteiger partial charge in [-0.1, -0.05) is 13.0 Å². The normalized spacial score (nSPS) is 12.7. The molecule has 0 spiro atoms. The Morgan fingerprint density at radius 2 is 2.06 bits per heavy atom. The second kappa shape index (κ2) is 5.36. The van der Waals surface area contributed by atoms with Crippen molar-refractivity contribution in [1.82, 2.24) is 5.32 Å². The molecule has 0 saturated heterocycles. The smallest absolute Gasteiger partial charge is 0.137 e. The Morgan fingerprint density at radius 3 is 2.67 bits per heavy atom. The molecule has 2 nitrogen and oxygen atoms in total. The minimum absolute atomic E-state index is 0.173. The number of benzene rings is 1. The Kier molecular flexibility index (Phi) is 3.82. The van der Waals surface area contributed by atoms with Crippen molar-refractivity contribution < 1.29 is 8.81 Å². The molecule has 0 aliphatic rings. The van der Waals surface area contributed by atoms with E-state index in [9.17, 15) is 4.39 Å². The maximum Gasteiger partial charge on any atom is 0.137 e. The zero-order valence-electron chi connectivity index (χ0n) is 11.0. The minimum Gasteiger partial charge on any atom is -0.459 e. The lowest BCUT2D eigenvalue weighted by Gasteiger charge is -2.10. The number of rotatable bonds is 4. The number of halogens is 1. The Hall–Kier alpha value is -1.61. The molecule has 0 radical (unpaired) electrons. The van der Waals surface area contributed by atoms with Crippen LogP contribution in [-0.2, 0) is 0 Å². The summed E-state index contributed by atoms with van der Waals surface area (Å²) in [6, 6.07) is 9.06. The van der Waals surface area contributed by atoms with Crippen LogP contribution < -0.4 is 5.32 Å². The first-order chi connectivity index (χ1) is 8.65. The molecule has 0 amide bonds. The van der Waals surface area contributed by atoms with Gasteiger partial charge in [0.2, 0.25) is 0 Å². The standard InChI is InChI=1S/C15H18FNO/c1-4-13(17-3)15-8-7-14(18-15)11-6-5-10(2)9-12(11)16/h5-9,13,17H,4H2,1-3H3. The van der Waals surface area contributed by atoms with Crippen molar-refractivity contribution in [3.05, 3.63) is 47.5 Å². The summed E-state index contributed by atoms with van der Waals surface area (Å²) < 4.78 is 19.6. The van der Waals surface area contributed by atoms with Gasteiger partial charge in [0.05, 0.1) is 11.6 Å². The lowest BCUT2D eigenvalue weighted by molar-refractivity contribution is 0.430. The number of furan rings is 1. The van der Waals surface area contributed by atoms with E-state index in [0.717, 1.165) is 17.7 Å². The predicted molar refractivity (Wildman–Crippen MR) is 70.9 cm³/mol. The molecule has 18 heavy (non-hydrogen) atoms. The van der Waals surface area contributed by atoms with E-state index in [-0.39, 0.29) is 11.9 Å². The fourth-order valence-corrected chi connectivity index (χ4v) is 2.05. The van der Waals surface area contributed by atoms with Gasteiger partial charge in [-0.2, -0.15) is 0 Å². The summed E-state index contributed by atoms with van der Waals surface area (Å²) in [7, 11) is 1.89. The number of hydrogen-bond donors (Lipinski definition) is 1. The van der Waals surface area contributed by atoms with Gasteiger partial charge < -0.3 is 9.73 Å². The van der Waals surface area contributed by atoms with Gasteiger partial charge in [0.15, 0.2) is 0 Å². The first-order valence-corrected chi connectivity index (χ1v) is 6.19. The monoisotopic (exact) mass is 247 g/mol. The molecule has 1 atom stereocenters. The first-order valence-electron chi connectivity index (χ1n) is 6.19. The third kappa shape index (κ3) is 2.46. The van der Waals surface area contributed by atoms with Crippen LogP contribution in [0.15, 0.2) is 34.7 Å². The summed E-state index contributed by atoms with van der Waals surface area (Å²) in [6.07, 6.45) is 0.930. The summed E-state index contributed by atoms with van der Waals surface area (Å²) in [6.45, 7) is 3.95. The largest absolute Gasteiger partial charge is 0.459 e. The van der Waals surface area contributed by atoms with Gasteiger partial charge in [-0.25, -0.2) is 4.39 Å². The molecular weight excluding hydrogens is 229 g/mol. The summed E-state index contributed by atoms with van der Waals surface area (Å²) in [5.41, 5.74) is 1.42. The van der Waals surface area contributed by atoms with E-state index in [1.807, 2.05) is 32.2 Å². The number of aryl methyl sites for hydroxylation is 1. The van der Waals surface area contributed by atoms with Crippen molar-refractivity contribution >= 4 is 0 Å². The molecule has 0 bridgehead atoms. The summed E-state index contributed by atoms with van der Waals surface area (Å²) in [5.74, 6) is 1.18. The van der Waals surface area contributed by atoms with Crippen LogP contribution in [0.4, 0.5) is 4.39 Å². The van der Waals surface area contributed by atoms with Crippen LogP contribution in [0.2, 0.25) is 0 Å². The van der Waals surface area contributed by atoms with Crippen LogP contribution in [0.5, 0.6) is 0 Å². The molecule has 0 saturated carbocycles. The van der Waals surface area contributed by atoms with E-state index in [2.05, 4.69) is 12.2 Å². The molecule has 1 N–H and O–H groups in total. The molecule has 2 aromatic rings. The summed E-state index contributed by atoms with van der Waals surface area (Å²) >= 11 is 0. The zero-order chi connectivity index (χ0) is 13.1. The van der Waals surface area contributed by atoms with E-state index in [1.54, 1.807) is 6.07 Å². The lowest BCUT2D eigenvalue weighted by atomic mass is 10.1. The molecule has 1 heterocycles. The highest BCUT2D eigenvalue weighted by Gasteiger charge is 2.14. The van der Waals surface area contributed by atoms with Crippen molar-refractivity contribution in [3.63, 3.8) is 0 Å². The fraction of sp³-hybridized carbons (Fsp3) is 0.333. The Bertz CT molecular complexity index is 529. The molecule has 96 valence electrons. The van der Waals surface area contributed by atoms with E-state index >= 15 is 0 Å². The SMILES string of the molecule is CCC(NC)c1ccc(-c2ccc(C)cc2F)o1. The second-order valence-electron chi connectivity index (χ2n) is 4.43. The average molecular weight is 247 g/mol. The van der Waals surface area contributed by atoms with Gasteiger partial charge in [-0.3, -0.25) is 0 Å². The Balaban J connectivity index is 2.34. The number of hydrogen-bond acceptors (Lipinski definition) is 2. The molecule has 1 unspecified atom stereocenters. The van der Waals surface area contributed by atoms with Crippen LogP contribution in [0.1, 0.15) is 30.7 Å². The third-order valence-electron chi connectivity index (χ3n) is 3.12. The average Bonchev–Trinajstić information content (AvgIpc) is 2.80. The Morgan fingerprint density at radius 1 is 1.28 bits per heavy atom. The lowest BCUT2D eigenvalue weighted by Crippen LogP contribution is -2.14. The highest BCUT2D eigenvalue weighted by molar-refractivity contribution is 5.59. The fourth-order valence-electron chi connectivity index (χ4n) is 2.05. The van der Waals surface area contributed by atoms with Gasteiger partial charge in [0.1, 0.15) is 17.3 Å². The van der Waals surface area contributed by atoms with Crippen molar-refractivity contribution in [1.29, 1.82) is 0 Å². The van der Waals surface area contributed by atoms with Gasteiger partial charge in [0, 0.05) is 0 Å². The molecule has 0 aliphatic heterocycles. The molecule has 1 aromatic carbocycles. The molecule has 0 fully saturated rings. The Labute approximate surface area is 107 Å². The minimum atomic E-state index is -0.242. The maximum absolute atomic E-state index is 13.8. The highest BCUT2D eigenvalue weighted by Crippen LogP contribution is 2.28. The highest BCUT2D eigenvalue weighted by atomic mass is 19.1. The molecule has 0 aliphatic carbocycles. The molecule has 2 rings (SSSR count). The quantitative estimate of drug-likeness (QED) is 0.881. The van der Waals surface area contributed by atoms with Gasteiger partial charge in [-0.15, -0.1) is 0 Å². The summed E-state index contributed by atoms with van der Waals surface area (Å²) in [5, 5.41) is 3.17. The van der Waals surface area contributed by atoms with Crippen LogP contribution in [0, 0.1) is 12.7 Å². The predicted octanol–water partition coefficient (Wildman–Crippen LogP) is 4.06. The molecule has 1 aromatic heterocycles.